The summed E-state index contributed by atoms with van der Waals surface area (Å²) in [5, 5.41) is 4.15. The Morgan fingerprint density at radius 1 is 1.00 bits per heavy atom. The largest absolute Gasteiger partial charge is 0.474 e. The zero-order valence-electron chi connectivity index (χ0n) is 20.3. The molecular formula is C29H36BN3O. The molecule has 0 radical (unpaired) electrons. The zero-order chi connectivity index (χ0) is 22.7. The number of hydrogen-bond acceptors (Lipinski definition) is 4. The van der Waals surface area contributed by atoms with E-state index in [1.54, 1.807) is 0 Å². The molecule has 0 amide bonds. The fourth-order valence-corrected chi connectivity index (χ4v) is 8.69. The third-order valence-electron chi connectivity index (χ3n) is 9.78. The zero-order valence-corrected chi connectivity index (χ0v) is 20.3. The van der Waals surface area contributed by atoms with Gasteiger partial charge in [0.1, 0.15) is 5.75 Å². The first-order valence-electron chi connectivity index (χ1n) is 13.6. The van der Waals surface area contributed by atoms with Gasteiger partial charge in [-0.25, -0.2) is 0 Å². The van der Waals surface area contributed by atoms with Gasteiger partial charge in [0.05, 0.1) is 5.41 Å². The molecule has 6 unspecified atom stereocenters. The lowest BCUT2D eigenvalue weighted by Crippen LogP contribution is -2.74. The molecule has 0 saturated carbocycles. The lowest BCUT2D eigenvalue weighted by molar-refractivity contribution is -0.0743. The summed E-state index contributed by atoms with van der Waals surface area (Å²) in [6.45, 7) is 3.75. The van der Waals surface area contributed by atoms with Crippen LogP contribution in [0.2, 0.25) is 11.6 Å². The molecule has 0 bridgehead atoms. The predicted molar refractivity (Wildman–Crippen MR) is 140 cm³/mol. The van der Waals surface area contributed by atoms with E-state index in [1.807, 2.05) is 0 Å². The van der Waals surface area contributed by atoms with Gasteiger partial charge in [0, 0.05) is 36.3 Å². The van der Waals surface area contributed by atoms with Crippen LogP contribution < -0.4 is 15.5 Å². The maximum Gasteiger partial charge on any atom is 0.189 e. The van der Waals surface area contributed by atoms with Crippen LogP contribution in [0.5, 0.6) is 5.75 Å². The lowest BCUT2D eigenvalue weighted by atomic mass is 9.21. The van der Waals surface area contributed by atoms with Crippen molar-refractivity contribution in [2.75, 3.05) is 26.7 Å². The van der Waals surface area contributed by atoms with Crippen molar-refractivity contribution < 1.29 is 4.74 Å². The Bertz CT molecular complexity index is 1090. The van der Waals surface area contributed by atoms with E-state index in [4.69, 9.17) is 9.73 Å². The molecule has 34 heavy (non-hydrogen) atoms. The van der Waals surface area contributed by atoms with Crippen molar-refractivity contribution >= 4 is 17.9 Å². The molecule has 3 saturated heterocycles. The maximum atomic E-state index is 6.79. The number of rotatable bonds is 1. The van der Waals surface area contributed by atoms with Gasteiger partial charge >= 0.3 is 0 Å². The molecule has 5 heteroatoms. The Kier molecular flexibility index (Phi) is 5.14. The fourth-order valence-electron chi connectivity index (χ4n) is 8.69. The molecule has 0 aliphatic carbocycles. The quantitative estimate of drug-likeness (QED) is 0.660. The number of ether oxygens (including phenoxy) is 1. The summed E-state index contributed by atoms with van der Waals surface area (Å²) in [5.41, 5.74) is 4.36. The van der Waals surface area contributed by atoms with E-state index in [-0.39, 0.29) is 11.6 Å². The van der Waals surface area contributed by atoms with Crippen LogP contribution in [0.4, 0.5) is 0 Å². The number of piperidine rings is 2. The monoisotopic (exact) mass is 453 g/mol. The number of fused-ring (bicyclic) bond motifs is 8. The van der Waals surface area contributed by atoms with E-state index in [1.165, 1.54) is 55.3 Å². The first kappa shape index (κ1) is 21.2. The van der Waals surface area contributed by atoms with E-state index in [2.05, 4.69) is 71.9 Å². The Morgan fingerprint density at radius 3 is 2.76 bits per heavy atom. The minimum atomic E-state index is -0.0738. The minimum absolute atomic E-state index is 0.0738. The van der Waals surface area contributed by atoms with Crippen LogP contribution in [0.15, 0.2) is 59.6 Å². The highest BCUT2D eigenvalue weighted by Gasteiger charge is 2.66. The average Bonchev–Trinajstić information content (AvgIpc) is 2.90. The molecule has 3 fully saturated rings. The van der Waals surface area contributed by atoms with Crippen molar-refractivity contribution in [3.05, 3.63) is 60.2 Å². The maximum absolute atomic E-state index is 6.79. The SMILES string of the molecule is CN1CCCC2C1Oc1ccccc1C21C2=NCCCC2B(c2ccccc2)C2CCCNC21. The topological polar surface area (TPSA) is 36.9 Å². The van der Waals surface area contributed by atoms with Gasteiger partial charge in [0.15, 0.2) is 12.9 Å². The highest BCUT2D eigenvalue weighted by Crippen LogP contribution is 2.60. The average molecular weight is 453 g/mol. The van der Waals surface area contributed by atoms with E-state index < -0.39 is 0 Å². The molecule has 6 atom stereocenters. The van der Waals surface area contributed by atoms with Crippen molar-refractivity contribution in [1.82, 2.24) is 10.2 Å². The van der Waals surface area contributed by atoms with E-state index >= 15 is 0 Å². The fraction of sp³-hybridized carbons (Fsp3) is 0.552. The summed E-state index contributed by atoms with van der Waals surface area (Å²) in [5.74, 6) is 2.68. The minimum Gasteiger partial charge on any atom is -0.474 e. The molecule has 7 rings (SSSR count). The van der Waals surface area contributed by atoms with Gasteiger partial charge < -0.3 is 10.1 Å². The number of aliphatic imine (C=N–C) groups is 1. The number of hydrogen-bond donors (Lipinski definition) is 1. The molecule has 2 aromatic carbocycles. The standard InChI is InChI=1S/C29H36BN3O/c1-33-19-9-13-22-28(33)34-25-16-6-5-12-21(25)29(22)26-23(14-7-17-31-26)30(20-10-3-2-4-11-20)24-15-8-18-32-27(24)29/h2-6,10-12,16,22-24,26,28,31H,7-9,13-15,17-19H2,1H3. The Balaban J connectivity index is 1.49. The highest BCUT2D eigenvalue weighted by molar-refractivity contribution is 6.80. The number of nitrogens with one attached hydrogen (secondary N) is 1. The summed E-state index contributed by atoms with van der Waals surface area (Å²) < 4.78 is 6.79. The van der Waals surface area contributed by atoms with Crippen LogP contribution in [-0.2, 0) is 5.41 Å². The van der Waals surface area contributed by atoms with Crippen molar-refractivity contribution in [1.29, 1.82) is 0 Å². The van der Waals surface area contributed by atoms with Gasteiger partial charge in [-0.3, -0.25) is 9.89 Å². The lowest BCUT2D eigenvalue weighted by Gasteiger charge is -2.64. The van der Waals surface area contributed by atoms with Gasteiger partial charge in [-0.2, -0.15) is 0 Å². The molecule has 1 N–H and O–H groups in total. The first-order valence-corrected chi connectivity index (χ1v) is 13.6. The Morgan fingerprint density at radius 2 is 1.85 bits per heavy atom. The van der Waals surface area contributed by atoms with Crippen molar-refractivity contribution in [2.24, 2.45) is 10.9 Å². The molecule has 0 aromatic heterocycles. The molecule has 1 spiro atoms. The van der Waals surface area contributed by atoms with Crippen LogP contribution in [0.3, 0.4) is 0 Å². The second-order valence-corrected chi connectivity index (χ2v) is 11.3. The van der Waals surface area contributed by atoms with Crippen molar-refractivity contribution in [3.8, 4) is 5.75 Å². The predicted octanol–water partition coefficient (Wildman–Crippen LogP) is 4.13. The van der Waals surface area contributed by atoms with E-state index in [0.717, 1.165) is 25.4 Å². The molecule has 5 heterocycles. The molecule has 4 nitrogen and oxygen atoms in total. The molecule has 2 aromatic rings. The van der Waals surface area contributed by atoms with Gasteiger partial charge in [0.25, 0.3) is 0 Å². The molecular weight excluding hydrogens is 417 g/mol. The summed E-state index contributed by atoms with van der Waals surface area (Å²) in [6, 6.07) is 20.8. The van der Waals surface area contributed by atoms with Gasteiger partial charge in [0.2, 0.25) is 0 Å². The number of benzene rings is 2. The Hall–Kier alpha value is -2.11. The summed E-state index contributed by atoms with van der Waals surface area (Å²) in [7, 11) is 2.26. The van der Waals surface area contributed by atoms with Gasteiger partial charge in [-0.1, -0.05) is 60.4 Å². The third-order valence-corrected chi connectivity index (χ3v) is 9.78. The molecule has 5 aliphatic heterocycles. The molecule has 5 aliphatic rings. The second kappa shape index (κ2) is 8.24. The van der Waals surface area contributed by atoms with Crippen LogP contribution in [0.25, 0.3) is 0 Å². The van der Waals surface area contributed by atoms with Crippen LogP contribution in [-0.4, -0.2) is 56.3 Å². The van der Waals surface area contributed by atoms with Crippen LogP contribution in [0.1, 0.15) is 44.1 Å². The van der Waals surface area contributed by atoms with Crippen molar-refractivity contribution in [3.63, 3.8) is 0 Å². The highest BCUT2D eigenvalue weighted by atomic mass is 16.5. The van der Waals surface area contributed by atoms with Crippen LogP contribution in [0, 0.1) is 5.92 Å². The van der Waals surface area contributed by atoms with Gasteiger partial charge in [-0.15, -0.1) is 0 Å². The van der Waals surface area contributed by atoms with E-state index in [9.17, 15) is 0 Å². The number of para-hydroxylation sites is 1. The summed E-state index contributed by atoms with van der Waals surface area (Å²) in [6.07, 6.45) is 7.64. The third kappa shape index (κ3) is 2.89. The number of likely N-dealkylation sites (tertiary alicyclic amines) is 1. The summed E-state index contributed by atoms with van der Waals surface area (Å²) >= 11 is 0. The number of nitrogens with zero attached hydrogens (tertiary/aromatic N) is 2. The van der Waals surface area contributed by atoms with Crippen molar-refractivity contribution in [2.45, 2.75) is 67.8 Å². The Labute approximate surface area is 204 Å². The normalized spacial score (nSPS) is 37.0. The summed E-state index contributed by atoms with van der Waals surface area (Å²) in [4.78, 5) is 7.99. The van der Waals surface area contributed by atoms with Gasteiger partial charge in [-0.05, 0) is 63.4 Å². The second-order valence-electron chi connectivity index (χ2n) is 11.3. The smallest absolute Gasteiger partial charge is 0.189 e. The molecule has 176 valence electrons. The first-order chi connectivity index (χ1) is 16.8. The van der Waals surface area contributed by atoms with E-state index in [0.29, 0.717) is 30.3 Å². The van der Waals surface area contributed by atoms with Crippen LogP contribution >= 0.6 is 0 Å².